The lowest BCUT2D eigenvalue weighted by Crippen LogP contribution is -2.55. The highest BCUT2D eigenvalue weighted by molar-refractivity contribution is 14.1. The third-order valence-corrected chi connectivity index (χ3v) is 7.21. The molecule has 1 N–H and O–H groups in total. The van der Waals surface area contributed by atoms with E-state index in [1.165, 1.54) is 0 Å². The van der Waals surface area contributed by atoms with Gasteiger partial charge in [-0.1, -0.05) is 67.8 Å². The lowest BCUT2D eigenvalue weighted by Gasteiger charge is -2.45. The van der Waals surface area contributed by atoms with E-state index in [0.29, 0.717) is 0 Å². The van der Waals surface area contributed by atoms with Gasteiger partial charge in [0.25, 0.3) is 0 Å². The summed E-state index contributed by atoms with van der Waals surface area (Å²) in [6.45, 7) is 28.9. The molecule has 0 amide bonds. The van der Waals surface area contributed by atoms with Crippen molar-refractivity contribution < 1.29 is 0 Å². The van der Waals surface area contributed by atoms with Crippen molar-refractivity contribution in [2.24, 2.45) is 0 Å². The highest BCUT2D eigenvalue weighted by atomic mass is 127. The van der Waals surface area contributed by atoms with Gasteiger partial charge in [0.15, 0.2) is 0 Å². The fourth-order valence-electron chi connectivity index (χ4n) is 3.68. The van der Waals surface area contributed by atoms with Crippen LogP contribution >= 0.6 is 103 Å². The van der Waals surface area contributed by atoms with E-state index in [1.54, 1.807) is 0 Å². The molecular weight excluding hydrogens is 848 g/mol. The molecule has 0 aromatic carbocycles. The Hall–Kier alpha value is 3.11. The monoisotopic (exact) mass is 892 g/mol. The predicted octanol–water partition coefficient (Wildman–Crippen LogP) is 6.83. The van der Waals surface area contributed by atoms with Crippen LogP contribution in [0.15, 0.2) is 0 Å². The van der Waals surface area contributed by atoms with Crippen molar-refractivity contribution in [3.8, 4) is 0 Å². The number of hydrogen-bond acceptors (Lipinski definition) is 5. The summed E-state index contributed by atoms with van der Waals surface area (Å²) < 4.78 is 0.100. The summed E-state index contributed by atoms with van der Waals surface area (Å²) in [5, 5.41) is 3.65. The van der Waals surface area contributed by atoms with Crippen LogP contribution in [-0.2, 0) is 0 Å². The van der Waals surface area contributed by atoms with Gasteiger partial charge in [-0.2, -0.15) is 0 Å². The molecule has 182 valence electrons. The molecular formula is C21H44I4N4S. The van der Waals surface area contributed by atoms with E-state index in [-0.39, 0.29) is 19.1 Å². The number of thiol groups is 1. The molecule has 0 aromatic rings. The van der Waals surface area contributed by atoms with Gasteiger partial charge in [0.1, 0.15) is 2.88 Å². The Kier molecular flexibility index (Phi) is 14.2. The molecule has 0 aliphatic heterocycles. The molecule has 1 atom stereocenters. The van der Waals surface area contributed by atoms with E-state index < -0.39 is 0 Å². The lowest BCUT2D eigenvalue weighted by molar-refractivity contribution is 0.0704. The Morgan fingerprint density at radius 2 is 1.03 bits per heavy atom. The minimum Gasteiger partial charge on any atom is -0.302 e. The summed E-state index contributed by atoms with van der Waals surface area (Å²) in [5.74, 6) is 0. The number of halogens is 4. The van der Waals surface area contributed by atoms with Gasteiger partial charge in [-0.25, -0.2) is 0 Å². The number of nitrogens with one attached hydrogen (secondary N) is 1. The Labute approximate surface area is 247 Å². The highest BCUT2D eigenvalue weighted by Crippen LogP contribution is 2.37. The first kappa shape index (κ1) is 33.1. The number of hydrogen-bond donors (Lipinski definition) is 2. The third-order valence-electron chi connectivity index (χ3n) is 4.84. The first-order valence-electron chi connectivity index (χ1n) is 10.6. The van der Waals surface area contributed by atoms with Gasteiger partial charge in [-0.3, -0.25) is 14.7 Å². The van der Waals surface area contributed by atoms with Crippen LogP contribution < -0.4 is 5.32 Å². The first-order valence-corrected chi connectivity index (χ1v) is 15.3. The smallest absolute Gasteiger partial charge is 0.115 e. The normalized spacial score (nSPS) is 16.6. The Bertz CT molecular complexity index is 436. The maximum absolute atomic E-state index is 4.88. The average Bonchev–Trinajstić information content (AvgIpc) is 2.39. The maximum atomic E-state index is 4.88. The predicted molar refractivity (Wildman–Crippen MR) is 173 cm³/mol. The summed E-state index contributed by atoms with van der Waals surface area (Å²) in [6.07, 6.45) is 0. The molecule has 0 saturated carbocycles. The second-order valence-corrected chi connectivity index (χ2v) is 22.2. The van der Waals surface area contributed by atoms with E-state index in [0.717, 1.165) is 39.3 Å². The molecule has 0 aliphatic rings. The number of alkyl halides is 4. The standard InChI is InChI=1S/C21H44I4N4S/c1-17(2,3)28(19(6,7)23)15-13-27(12-11-26-18(4,5)22)14-16-29(20(8,9)24)21(10,25)30/h26,30H,11-16H2,1-10H3. The van der Waals surface area contributed by atoms with Crippen molar-refractivity contribution >= 4 is 103 Å². The van der Waals surface area contributed by atoms with Crippen molar-refractivity contribution in [1.82, 2.24) is 20.0 Å². The molecule has 0 heterocycles. The zero-order valence-corrected chi connectivity index (χ0v) is 30.1. The van der Waals surface area contributed by atoms with E-state index in [1.807, 2.05) is 0 Å². The molecule has 0 aromatic heterocycles. The number of nitrogens with zero attached hydrogens (tertiary/aromatic N) is 3. The SMILES string of the molecule is CC(C)(I)NCCN(CCN(C(C)(C)C)C(C)(C)I)CCN(C(C)(C)I)C(C)(S)I. The van der Waals surface area contributed by atoms with Gasteiger partial charge in [0, 0.05) is 44.8 Å². The van der Waals surface area contributed by atoms with Gasteiger partial charge in [-0.15, -0.1) is 12.6 Å². The van der Waals surface area contributed by atoms with E-state index in [4.69, 9.17) is 12.6 Å². The molecule has 4 nitrogen and oxygen atoms in total. The summed E-state index contributed by atoms with van der Waals surface area (Å²) in [6, 6.07) is 0. The van der Waals surface area contributed by atoms with Crippen LogP contribution in [0.3, 0.4) is 0 Å². The largest absolute Gasteiger partial charge is 0.302 e. The molecule has 0 saturated heterocycles. The van der Waals surface area contributed by atoms with E-state index in [9.17, 15) is 0 Å². The van der Waals surface area contributed by atoms with Gasteiger partial charge >= 0.3 is 0 Å². The van der Waals surface area contributed by atoms with Crippen LogP contribution in [0, 0.1) is 0 Å². The van der Waals surface area contributed by atoms with Crippen molar-refractivity contribution in [2.75, 3.05) is 39.3 Å². The number of rotatable bonds is 13. The Morgan fingerprint density at radius 3 is 1.33 bits per heavy atom. The zero-order chi connectivity index (χ0) is 24.2. The summed E-state index contributed by atoms with van der Waals surface area (Å²) in [7, 11) is 0. The fraction of sp³-hybridized carbons (Fsp3) is 1.00. The maximum Gasteiger partial charge on any atom is 0.115 e. The molecule has 0 radical (unpaired) electrons. The van der Waals surface area contributed by atoms with Gasteiger partial charge < -0.3 is 5.32 Å². The van der Waals surface area contributed by atoms with Crippen LogP contribution in [-0.4, -0.2) is 73.0 Å². The summed E-state index contributed by atoms with van der Waals surface area (Å²) in [5.41, 5.74) is 0.140. The third kappa shape index (κ3) is 14.5. The Morgan fingerprint density at radius 1 is 0.633 bits per heavy atom. The van der Waals surface area contributed by atoms with Crippen LogP contribution in [0.5, 0.6) is 0 Å². The lowest BCUT2D eigenvalue weighted by atomic mass is 10.0. The molecule has 0 aliphatic carbocycles. The van der Waals surface area contributed by atoms with Crippen molar-refractivity contribution in [1.29, 1.82) is 0 Å². The minimum atomic E-state index is -0.182. The molecule has 9 heteroatoms. The topological polar surface area (TPSA) is 21.8 Å². The summed E-state index contributed by atoms with van der Waals surface area (Å²) >= 11 is 14.9. The van der Waals surface area contributed by atoms with Crippen LogP contribution in [0.2, 0.25) is 0 Å². The quantitative estimate of drug-likeness (QED) is 0.0697. The first-order chi connectivity index (χ1) is 13.0. The summed E-state index contributed by atoms with van der Waals surface area (Å²) in [4.78, 5) is 7.71. The second-order valence-electron chi connectivity index (χ2n) is 10.4. The highest BCUT2D eigenvalue weighted by Gasteiger charge is 2.36. The minimum absolute atomic E-state index is 0.0468. The molecule has 0 bridgehead atoms. The Balaban J connectivity index is 5.31. The fourth-order valence-corrected chi connectivity index (χ4v) is 7.49. The van der Waals surface area contributed by atoms with Gasteiger partial charge in [0.2, 0.25) is 0 Å². The van der Waals surface area contributed by atoms with Gasteiger partial charge in [0.05, 0.1) is 10.6 Å². The van der Waals surface area contributed by atoms with Crippen LogP contribution in [0.1, 0.15) is 69.2 Å². The zero-order valence-electron chi connectivity index (χ0n) is 20.5. The molecule has 0 fully saturated rings. The molecule has 30 heavy (non-hydrogen) atoms. The van der Waals surface area contributed by atoms with Crippen LogP contribution in [0.4, 0.5) is 0 Å². The second kappa shape index (κ2) is 12.9. The van der Waals surface area contributed by atoms with Crippen molar-refractivity contribution in [3.63, 3.8) is 0 Å². The van der Waals surface area contributed by atoms with Gasteiger partial charge in [-0.05, 0) is 91.8 Å². The molecule has 1 unspecified atom stereocenters. The van der Waals surface area contributed by atoms with Crippen LogP contribution in [0.25, 0.3) is 0 Å². The molecule has 0 spiro atoms. The van der Waals surface area contributed by atoms with Crippen molar-refractivity contribution in [3.05, 3.63) is 0 Å². The van der Waals surface area contributed by atoms with E-state index in [2.05, 4.69) is 180 Å². The average molecular weight is 892 g/mol. The van der Waals surface area contributed by atoms with E-state index >= 15 is 0 Å². The molecule has 0 rings (SSSR count). The van der Waals surface area contributed by atoms with Crippen molar-refractivity contribution in [2.45, 2.75) is 88.3 Å².